The zero-order valence-corrected chi connectivity index (χ0v) is 18.1. The molecule has 0 aliphatic carbocycles. The summed E-state index contributed by atoms with van der Waals surface area (Å²) >= 11 is 6.04. The monoisotopic (exact) mass is 446 g/mol. The summed E-state index contributed by atoms with van der Waals surface area (Å²) in [5, 5.41) is 3.60. The number of aromatic amines is 2. The molecular formula is C23H19ClN6O2. The highest BCUT2D eigenvalue weighted by atomic mass is 35.5. The molecule has 2 aromatic carbocycles. The fraction of sp³-hybridized carbons (Fsp3) is 0.130. The van der Waals surface area contributed by atoms with E-state index in [1.165, 1.54) is 4.57 Å². The molecule has 1 unspecified atom stereocenters. The first-order valence-corrected chi connectivity index (χ1v) is 10.4. The van der Waals surface area contributed by atoms with Gasteiger partial charge in [0.1, 0.15) is 5.82 Å². The van der Waals surface area contributed by atoms with Gasteiger partial charge in [0.15, 0.2) is 5.65 Å². The lowest BCUT2D eigenvalue weighted by Gasteiger charge is -2.12. The number of amides is 1. The normalized spacial score (nSPS) is 12.3. The van der Waals surface area contributed by atoms with E-state index in [-0.39, 0.29) is 17.6 Å². The number of H-pyrrole nitrogens is 2. The van der Waals surface area contributed by atoms with Crippen LogP contribution in [0.3, 0.4) is 0 Å². The Kier molecular flexibility index (Phi) is 4.79. The van der Waals surface area contributed by atoms with Crippen molar-refractivity contribution in [1.82, 2.24) is 29.8 Å². The Bertz CT molecular complexity index is 1550. The van der Waals surface area contributed by atoms with Gasteiger partial charge in [0.2, 0.25) is 0 Å². The van der Waals surface area contributed by atoms with Gasteiger partial charge in [0, 0.05) is 29.4 Å². The van der Waals surface area contributed by atoms with E-state index in [1.807, 2.05) is 31.2 Å². The molecule has 3 N–H and O–H groups in total. The summed E-state index contributed by atoms with van der Waals surface area (Å²) in [5.74, 6) is 0.427. The van der Waals surface area contributed by atoms with Crippen LogP contribution in [0.2, 0.25) is 5.02 Å². The molecule has 0 spiro atoms. The van der Waals surface area contributed by atoms with E-state index in [2.05, 4.69) is 25.3 Å². The number of rotatable bonds is 4. The maximum atomic E-state index is 12.9. The summed E-state index contributed by atoms with van der Waals surface area (Å²) in [7, 11) is 1.68. The summed E-state index contributed by atoms with van der Waals surface area (Å²) in [6, 6.07) is 14.2. The number of hydrogen-bond donors (Lipinski definition) is 3. The van der Waals surface area contributed by atoms with Crippen LogP contribution >= 0.6 is 11.6 Å². The molecule has 3 heterocycles. The molecule has 0 aliphatic heterocycles. The number of carbonyl (C=O) groups excluding carboxylic acids is 1. The van der Waals surface area contributed by atoms with Crippen molar-refractivity contribution in [3.8, 4) is 11.1 Å². The SMILES string of the molecule is CC(NC(=O)c1cccc(-c2cnc3[nH]c(=O)n(C)c3c2)c1)c1nc2ccc(Cl)cc2[nH]1. The third-order valence-corrected chi connectivity index (χ3v) is 5.67. The predicted octanol–water partition coefficient (Wildman–Crippen LogP) is 3.95. The van der Waals surface area contributed by atoms with E-state index in [9.17, 15) is 9.59 Å². The maximum absolute atomic E-state index is 12.9. The van der Waals surface area contributed by atoms with Crippen LogP contribution in [0.4, 0.5) is 0 Å². The second-order valence-electron chi connectivity index (χ2n) is 7.64. The van der Waals surface area contributed by atoms with Crippen molar-refractivity contribution < 1.29 is 4.79 Å². The average Bonchev–Trinajstić information content (AvgIpc) is 3.34. The van der Waals surface area contributed by atoms with Gasteiger partial charge in [0.25, 0.3) is 5.91 Å². The zero-order valence-electron chi connectivity index (χ0n) is 17.3. The topological polar surface area (TPSA) is 108 Å². The predicted molar refractivity (Wildman–Crippen MR) is 124 cm³/mol. The second-order valence-corrected chi connectivity index (χ2v) is 8.08. The molecule has 0 fully saturated rings. The fourth-order valence-electron chi connectivity index (χ4n) is 3.65. The first-order chi connectivity index (χ1) is 15.4. The van der Waals surface area contributed by atoms with Crippen molar-refractivity contribution in [2.45, 2.75) is 13.0 Å². The largest absolute Gasteiger partial charge is 0.342 e. The van der Waals surface area contributed by atoms with Crippen LogP contribution in [0, 0.1) is 0 Å². The fourth-order valence-corrected chi connectivity index (χ4v) is 3.82. The molecule has 0 bridgehead atoms. The van der Waals surface area contributed by atoms with Gasteiger partial charge in [-0.15, -0.1) is 0 Å². The van der Waals surface area contributed by atoms with Crippen LogP contribution in [0.5, 0.6) is 0 Å². The van der Waals surface area contributed by atoms with Gasteiger partial charge in [-0.05, 0) is 48.9 Å². The Balaban J connectivity index is 1.40. The molecule has 8 nitrogen and oxygen atoms in total. The summed E-state index contributed by atoms with van der Waals surface area (Å²) < 4.78 is 1.50. The highest BCUT2D eigenvalue weighted by Crippen LogP contribution is 2.23. The van der Waals surface area contributed by atoms with Gasteiger partial charge in [0.05, 0.1) is 22.6 Å². The standard InChI is InChI=1S/C23H19ClN6O2/c1-12(20-27-17-7-6-16(24)10-18(17)28-20)26-22(31)14-5-3-4-13(8-14)15-9-19-21(25-11-15)29-23(32)30(19)2/h3-12H,1-2H3,(H,26,31)(H,27,28)(H,25,29,32). The highest BCUT2D eigenvalue weighted by molar-refractivity contribution is 6.31. The van der Waals surface area contributed by atoms with Crippen molar-refractivity contribution in [1.29, 1.82) is 0 Å². The number of carbonyl (C=O) groups is 1. The number of hydrogen-bond acceptors (Lipinski definition) is 4. The molecule has 32 heavy (non-hydrogen) atoms. The van der Waals surface area contributed by atoms with Gasteiger partial charge in [-0.2, -0.15) is 0 Å². The number of halogens is 1. The van der Waals surface area contributed by atoms with Crippen molar-refractivity contribution in [2.24, 2.45) is 7.05 Å². The molecule has 0 saturated heterocycles. The van der Waals surface area contributed by atoms with Crippen LogP contribution < -0.4 is 11.0 Å². The van der Waals surface area contributed by atoms with Crippen LogP contribution in [0.15, 0.2) is 59.5 Å². The molecular weight excluding hydrogens is 428 g/mol. The number of benzene rings is 2. The number of nitrogens with one attached hydrogen (secondary N) is 3. The Morgan fingerprint density at radius 2 is 1.97 bits per heavy atom. The Labute approximate surface area is 187 Å². The van der Waals surface area contributed by atoms with E-state index in [4.69, 9.17) is 11.6 Å². The Morgan fingerprint density at radius 3 is 2.81 bits per heavy atom. The smallest absolute Gasteiger partial charge is 0.327 e. The van der Waals surface area contributed by atoms with Gasteiger partial charge in [-0.1, -0.05) is 23.7 Å². The molecule has 0 aliphatic rings. The number of aromatic nitrogens is 5. The third kappa shape index (κ3) is 3.54. The van der Waals surface area contributed by atoms with Gasteiger partial charge < -0.3 is 10.3 Å². The summed E-state index contributed by atoms with van der Waals surface area (Å²) in [6.07, 6.45) is 1.68. The quantitative estimate of drug-likeness (QED) is 0.388. The van der Waals surface area contributed by atoms with E-state index in [0.717, 1.165) is 22.2 Å². The minimum atomic E-state index is -0.329. The number of fused-ring (bicyclic) bond motifs is 2. The lowest BCUT2D eigenvalue weighted by atomic mass is 10.0. The molecule has 9 heteroatoms. The number of nitrogens with zero attached hydrogens (tertiary/aromatic N) is 3. The molecule has 1 amide bonds. The first kappa shape index (κ1) is 20.0. The van der Waals surface area contributed by atoms with Crippen LogP contribution in [0.25, 0.3) is 33.3 Å². The van der Waals surface area contributed by atoms with Crippen LogP contribution in [-0.4, -0.2) is 30.4 Å². The zero-order chi connectivity index (χ0) is 22.4. The van der Waals surface area contributed by atoms with E-state index in [0.29, 0.717) is 27.6 Å². The van der Waals surface area contributed by atoms with E-state index in [1.54, 1.807) is 37.5 Å². The molecule has 1 atom stereocenters. The molecule has 5 aromatic rings. The van der Waals surface area contributed by atoms with Crippen LogP contribution in [0.1, 0.15) is 29.1 Å². The minimum absolute atomic E-state index is 0.221. The van der Waals surface area contributed by atoms with Crippen LogP contribution in [-0.2, 0) is 7.05 Å². The number of aryl methyl sites for hydroxylation is 1. The molecule has 3 aromatic heterocycles. The van der Waals surface area contributed by atoms with Crippen molar-refractivity contribution in [2.75, 3.05) is 0 Å². The molecule has 5 rings (SSSR count). The van der Waals surface area contributed by atoms with E-state index < -0.39 is 0 Å². The lowest BCUT2D eigenvalue weighted by Crippen LogP contribution is -2.27. The molecule has 160 valence electrons. The second kappa shape index (κ2) is 7.65. The van der Waals surface area contributed by atoms with Gasteiger partial charge in [-0.25, -0.2) is 14.8 Å². The highest BCUT2D eigenvalue weighted by Gasteiger charge is 2.16. The summed E-state index contributed by atoms with van der Waals surface area (Å²) in [6.45, 7) is 1.87. The Hall–Kier alpha value is -3.91. The lowest BCUT2D eigenvalue weighted by molar-refractivity contribution is 0.0938. The molecule has 0 radical (unpaired) electrons. The first-order valence-electron chi connectivity index (χ1n) is 10.0. The average molecular weight is 447 g/mol. The molecule has 0 saturated carbocycles. The van der Waals surface area contributed by atoms with Gasteiger partial charge in [-0.3, -0.25) is 14.3 Å². The van der Waals surface area contributed by atoms with Gasteiger partial charge >= 0.3 is 5.69 Å². The number of imidazole rings is 2. The van der Waals surface area contributed by atoms with Crippen molar-refractivity contribution in [3.05, 3.63) is 81.6 Å². The summed E-state index contributed by atoms with van der Waals surface area (Å²) in [4.78, 5) is 39.5. The number of pyridine rings is 1. The minimum Gasteiger partial charge on any atom is -0.342 e. The van der Waals surface area contributed by atoms with Crippen molar-refractivity contribution >= 4 is 39.7 Å². The Morgan fingerprint density at radius 1 is 1.12 bits per heavy atom. The third-order valence-electron chi connectivity index (χ3n) is 5.44. The maximum Gasteiger partial charge on any atom is 0.327 e. The van der Waals surface area contributed by atoms with Crippen molar-refractivity contribution in [3.63, 3.8) is 0 Å². The summed E-state index contributed by atoms with van der Waals surface area (Å²) in [5.41, 5.74) is 4.75. The van der Waals surface area contributed by atoms with E-state index >= 15 is 0 Å².